The van der Waals surface area contributed by atoms with Crippen LogP contribution in [0.2, 0.25) is 0 Å². The summed E-state index contributed by atoms with van der Waals surface area (Å²) in [6, 6.07) is -0.646. The van der Waals surface area contributed by atoms with Gasteiger partial charge in [0.05, 0.1) is 4.87 Å². The fourth-order valence-corrected chi connectivity index (χ4v) is 3.16. The molecule has 0 saturated carbocycles. The second-order valence-electron chi connectivity index (χ2n) is 4.37. The number of nitrogens with one attached hydrogen (secondary N) is 1. The molecule has 0 aromatic carbocycles. The molecule has 0 bridgehead atoms. The first-order chi connectivity index (χ1) is 7.72. The van der Waals surface area contributed by atoms with Crippen molar-refractivity contribution < 1.29 is 23.1 Å². The molecule has 1 heterocycles. The maximum atomic E-state index is 12.0. The van der Waals surface area contributed by atoms with Crippen molar-refractivity contribution in [2.24, 2.45) is 0 Å². The number of hydrogen-bond acceptors (Lipinski definition) is 3. The predicted octanol–water partition coefficient (Wildman–Crippen LogP) is 2.61. The Hall–Kier alpha value is -0.430. The summed E-state index contributed by atoms with van der Waals surface area (Å²) >= 11 is 1.50. The summed E-state index contributed by atoms with van der Waals surface area (Å²) < 4.78 is 36.1. The highest BCUT2D eigenvalue weighted by Crippen LogP contribution is 2.34. The van der Waals surface area contributed by atoms with Gasteiger partial charge in [-0.3, -0.25) is 10.1 Å². The lowest BCUT2D eigenvalue weighted by atomic mass is 10.1. The van der Waals surface area contributed by atoms with Crippen LogP contribution in [-0.2, 0) is 4.79 Å². The zero-order chi connectivity index (χ0) is 13.1. The van der Waals surface area contributed by atoms with Crippen LogP contribution in [0.15, 0.2) is 0 Å². The van der Waals surface area contributed by atoms with Crippen molar-refractivity contribution in [2.45, 2.75) is 49.7 Å². The van der Waals surface area contributed by atoms with Gasteiger partial charge in [0.1, 0.15) is 6.04 Å². The third-order valence-corrected chi connectivity index (χ3v) is 4.12. The Balaban J connectivity index is 2.42. The van der Waals surface area contributed by atoms with E-state index in [1.165, 1.54) is 11.8 Å². The van der Waals surface area contributed by atoms with E-state index in [4.69, 9.17) is 5.11 Å². The largest absolute Gasteiger partial charge is 0.480 e. The molecule has 0 spiro atoms. The lowest BCUT2D eigenvalue weighted by Gasteiger charge is -2.37. The quantitative estimate of drug-likeness (QED) is 0.825. The summed E-state index contributed by atoms with van der Waals surface area (Å²) in [5, 5.41) is 11.8. The van der Waals surface area contributed by atoms with E-state index in [2.05, 4.69) is 5.32 Å². The maximum Gasteiger partial charge on any atom is 0.389 e. The van der Waals surface area contributed by atoms with Gasteiger partial charge in [0.15, 0.2) is 0 Å². The summed E-state index contributed by atoms with van der Waals surface area (Å²) in [5.41, 5.74) is 0. The average molecular weight is 271 g/mol. The molecule has 1 saturated heterocycles. The molecular weight excluding hydrogens is 255 g/mol. The molecule has 0 radical (unpaired) electrons. The lowest BCUT2D eigenvalue weighted by molar-refractivity contribution is -0.141. The van der Waals surface area contributed by atoms with Crippen molar-refractivity contribution in [2.75, 3.05) is 5.75 Å². The topological polar surface area (TPSA) is 49.3 Å². The summed E-state index contributed by atoms with van der Waals surface area (Å²) in [4.78, 5) is 10.3. The molecule has 0 amide bonds. The molecular formula is C10H16F3NO2S. The van der Waals surface area contributed by atoms with Gasteiger partial charge in [0, 0.05) is 6.42 Å². The van der Waals surface area contributed by atoms with E-state index in [1.807, 2.05) is 0 Å². The van der Waals surface area contributed by atoms with E-state index in [-0.39, 0.29) is 6.42 Å². The molecule has 2 N–H and O–H groups in total. The minimum atomic E-state index is -4.14. The molecule has 17 heavy (non-hydrogen) atoms. The summed E-state index contributed by atoms with van der Waals surface area (Å²) in [5.74, 6) is -0.278. The fourth-order valence-electron chi connectivity index (χ4n) is 1.84. The Morgan fingerprint density at radius 1 is 1.59 bits per heavy atom. The van der Waals surface area contributed by atoms with Crippen LogP contribution in [0.3, 0.4) is 0 Å². The van der Waals surface area contributed by atoms with Crippen LogP contribution in [0, 0.1) is 0 Å². The highest BCUT2D eigenvalue weighted by Gasteiger charge is 2.36. The van der Waals surface area contributed by atoms with Crippen LogP contribution in [-0.4, -0.2) is 33.9 Å². The molecule has 3 nitrogen and oxygen atoms in total. The highest BCUT2D eigenvalue weighted by atomic mass is 32.2. The number of alkyl halides is 3. The number of carbonyl (C=O) groups is 1. The molecule has 0 aliphatic carbocycles. The first kappa shape index (κ1) is 14.6. The van der Waals surface area contributed by atoms with Crippen LogP contribution >= 0.6 is 11.8 Å². The second kappa shape index (κ2) is 5.48. The Morgan fingerprint density at radius 3 is 2.76 bits per heavy atom. The highest BCUT2D eigenvalue weighted by molar-refractivity contribution is 8.00. The van der Waals surface area contributed by atoms with Gasteiger partial charge in [-0.25, -0.2) is 0 Å². The molecule has 2 atom stereocenters. The van der Waals surface area contributed by atoms with Crippen LogP contribution in [0.25, 0.3) is 0 Å². The van der Waals surface area contributed by atoms with Crippen molar-refractivity contribution in [1.29, 1.82) is 0 Å². The third-order valence-electron chi connectivity index (χ3n) is 2.72. The second-order valence-corrected chi connectivity index (χ2v) is 5.97. The van der Waals surface area contributed by atoms with Crippen molar-refractivity contribution in [3.05, 3.63) is 0 Å². The Kier molecular flexibility index (Phi) is 4.71. The molecule has 1 fully saturated rings. The van der Waals surface area contributed by atoms with Crippen molar-refractivity contribution in [3.8, 4) is 0 Å². The molecule has 100 valence electrons. The molecule has 1 rings (SSSR count). The van der Waals surface area contributed by atoms with Crippen LogP contribution in [0.5, 0.6) is 0 Å². The third kappa shape index (κ3) is 5.16. The van der Waals surface area contributed by atoms with Gasteiger partial charge in [0.25, 0.3) is 0 Å². The Morgan fingerprint density at radius 2 is 2.24 bits per heavy atom. The minimum absolute atomic E-state index is 0.0202. The minimum Gasteiger partial charge on any atom is -0.480 e. The molecule has 0 aromatic heterocycles. The summed E-state index contributed by atoms with van der Waals surface area (Å²) in [6.45, 7) is 1.77. The monoisotopic (exact) mass is 271 g/mol. The molecule has 7 heteroatoms. The lowest BCUT2D eigenvalue weighted by Crippen LogP contribution is -2.53. The van der Waals surface area contributed by atoms with Crippen molar-refractivity contribution in [1.82, 2.24) is 5.32 Å². The van der Waals surface area contributed by atoms with Gasteiger partial charge in [-0.15, -0.1) is 11.8 Å². The van der Waals surface area contributed by atoms with Gasteiger partial charge >= 0.3 is 12.1 Å². The normalized spacial score (nSPS) is 30.2. The standard InChI is InChI=1S/C10H16F3NO2S/c1-9(4-2-5-10(11,12)13)14-7(8(15)16)3-6-17-9/h7,14H,2-6H2,1H3,(H,15,16). The maximum absolute atomic E-state index is 12.0. The number of hydrogen-bond donors (Lipinski definition) is 2. The Bertz CT molecular complexity index is 285. The molecule has 1 aliphatic rings. The number of halogens is 3. The number of carboxylic acid groups (broad SMARTS) is 1. The molecule has 0 aromatic rings. The first-order valence-corrected chi connectivity index (χ1v) is 6.42. The van der Waals surface area contributed by atoms with E-state index in [1.54, 1.807) is 6.92 Å². The summed E-state index contributed by atoms with van der Waals surface area (Å²) in [7, 11) is 0. The smallest absolute Gasteiger partial charge is 0.389 e. The van der Waals surface area contributed by atoms with Gasteiger partial charge in [0.2, 0.25) is 0 Å². The van der Waals surface area contributed by atoms with Crippen LogP contribution in [0.1, 0.15) is 32.6 Å². The van der Waals surface area contributed by atoms with E-state index in [9.17, 15) is 18.0 Å². The van der Waals surface area contributed by atoms with Gasteiger partial charge < -0.3 is 5.11 Å². The number of aliphatic carboxylic acids is 1. The fraction of sp³-hybridized carbons (Fsp3) is 0.900. The zero-order valence-corrected chi connectivity index (χ0v) is 10.3. The van der Waals surface area contributed by atoms with Gasteiger partial charge in [-0.05, 0) is 31.9 Å². The number of carboxylic acids is 1. The van der Waals surface area contributed by atoms with Crippen LogP contribution < -0.4 is 5.32 Å². The van der Waals surface area contributed by atoms with Gasteiger partial charge in [-0.1, -0.05) is 0 Å². The first-order valence-electron chi connectivity index (χ1n) is 5.43. The zero-order valence-electron chi connectivity index (χ0n) is 9.51. The number of rotatable bonds is 4. The van der Waals surface area contributed by atoms with E-state index in [0.29, 0.717) is 18.6 Å². The van der Waals surface area contributed by atoms with Crippen molar-refractivity contribution >= 4 is 17.7 Å². The molecule has 2 unspecified atom stereocenters. The SMILES string of the molecule is CC1(CCCC(F)(F)F)NC(C(=O)O)CCS1. The molecule has 1 aliphatic heterocycles. The van der Waals surface area contributed by atoms with E-state index < -0.39 is 29.5 Å². The number of thioether (sulfide) groups is 1. The predicted molar refractivity (Wildman–Crippen MR) is 59.9 cm³/mol. The summed E-state index contributed by atoms with van der Waals surface area (Å²) in [6.07, 6.45) is -4.10. The van der Waals surface area contributed by atoms with E-state index >= 15 is 0 Å². The van der Waals surface area contributed by atoms with Crippen molar-refractivity contribution in [3.63, 3.8) is 0 Å². The van der Waals surface area contributed by atoms with Gasteiger partial charge in [-0.2, -0.15) is 13.2 Å². The average Bonchev–Trinajstić information content (AvgIpc) is 2.15. The van der Waals surface area contributed by atoms with Crippen LogP contribution in [0.4, 0.5) is 13.2 Å². The Labute approximate surface area is 102 Å². The van der Waals surface area contributed by atoms with E-state index in [0.717, 1.165) is 0 Å².